The van der Waals surface area contributed by atoms with Crippen LogP contribution in [0.1, 0.15) is 46.5 Å². The summed E-state index contributed by atoms with van der Waals surface area (Å²) in [5.74, 6) is 2.68. The topological polar surface area (TPSA) is 3.24 Å². The molecule has 1 aliphatic heterocycles. The summed E-state index contributed by atoms with van der Waals surface area (Å²) in [7, 11) is 0. The summed E-state index contributed by atoms with van der Waals surface area (Å²) < 4.78 is 0. The van der Waals surface area contributed by atoms with Crippen molar-refractivity contribution in [2.45, 2.75) is 46.5 Å². The van der Waals surface area contributed by atoms with E-state index < -0.39 is 0 Å². The van der Waals surface area contributed by atoms with Crippen LogP contribution in [-0.2, 0) is 0 Å². The second-order valence-corrected chi connectivity index (χ2v) is 6.31. The molecule has 1 rings (SSSR count). The molecular formula is C14H28BrN. The number of hydrogen-bond acceptors (Lipinski definition) is 1. The van der Waals surface area contributed by atoms with Gasteiger partial charge >= 0.3 is 0 Å². The zero-order chi connectivity index (χ0) is 12.0. The highest BCUT2D eigenvalue weighted by atomic mass is 79.9. The van der Waals surface area contributed by atoms with Crippen LogP contribution in [0.5, 0.6) is 0 Å². The summed E-state index contributed by atoms with van der Waals surface area (Å²) in [6.07, 6.45) is 5.56. The van der Waals surface area contributed by atoms with Crippen LogP contribution in [-0.4, -0.2) is 29.9 Å². The fourth-order valence-electron chi connectivity index (χ4n) is 2.68. The second-order valence-electron chi connectivity index (χ2n) is 5.66. The molecule has 0 aromatic carbocycles. The van der Waals surface area contributed by atoms with Gasteiger partial charge in [0.25, 0.3) is 0 Å². The largest absolute Gasteiger partial charge is 0.303 e. The molecule has 0 bridgehead atoms. The Hall–Kier alpha value is 0.440. The van der Waals surface area contributed by atoms with Crippen molar-refractivity contribution in [3.63, 3.8) is 0 Å². The molecule has 0 N–H and O–H groups in total. The standard InChI is InChI=1S/C14H28BrN/c1-4-13(10-15)11-16-8-5-6-14(7-9-16)12(2)3/h12-14H,4-11H2,1-3H3. The van der Waals surface area contributed by atoms with Gasteiger partial charge in [-0.1, -0.05) is 43.1 Å². The quantitative estimate of drug-likeness (QED) is 0.687. The van der Waals surface area contributed by atoms with Gasteiger partial charge in [-0.15, -0.1) is 0 Å². The van der Waals surface area contributed by atoms with E-state index in [4.69, 9.17) is 0 Å². The monoisotopic (exact) mass is 289 g/mol. The summed E-state index contributed by atoms with van der Waals surface area (Å²) in [5, 5.41) is 1.16. The first-order valence-corrected chi connectivity index (χ1v) is 8.07. The number of alkyl halides is 1. The number of rotatable bonds is 5. The molecule has 0 aromatic heterocycles. The van der Waals surface area contributed by atoms with Crippen LogP contribution < -0.4 is 0 Å². The molecule has 16 heavy (non-hydrogen) atoms. The molecule has 1 aliphatic rings. The number of hydrogen-bond donors (Lipinski definition) is 0. The molecule has 0 aromatic rings. The molecule has 2 unspecified atom stereocenters. The van der Waals surface area contributed by atoms with Crippen LogP contribution in [0.3, 0.4) is 0 Å². The maximum Gasteiger partial charge on any atom is 0.00717 e. The van der Waals surface area contributed by atoms with E-state index >= 15 is 0 Å². The van der Waals surface area contributed by atoms with Gasteiger partial charge in [0, 0.05) is 11.9 Å². The summed E-state index contributed by atoms with van der Waals surface area (Å²) in [5.41, 5.74) is 0. The second kappa shape index (κ2) is 7.71. The highest BCUT2D eigenvalue weighted by molar-refractivity contribution is 9.09. The molecule has 2 atom stereocenters. The molecule has 1 saturated heterocycles. The fraction of sp³-hybridized carbons (Fsp3) is 1.00. The van der Waals surface area contributed by atoms with Crippen LogP contribution in [0.2, 0.25) is 0 Å². The van der Waals surface area contributed by atoms with Gasteiger partial charge in [0.1, 0.15) is 0 Å². The highest BCUT2D eigenvalue weighted by Gasteiger charge is 2.20. The Morgan fingerprint density at radius 3 is 2.56 bits per heavy atom. The molecule has 0 amide bonds. The lowest BCUT2D eigenvalue weighted by Crippen LogP contribution is -2.31. The van der Waals surface area contributed by atoms with Crippen molar-refractivity contribution in [2.24, 2.45) is 17.8 Å². The zero-order valence-electron chi connectivity index (χ0n) is 11.2. The molecule has 96 valence electrons. The Bertz CT molecular complexity index is 178. The molecule has 0 aliphatic carbocycles. The fourth-order valence-corrected chi connectivity index (χ4v) is 3.35. The van der Waals surface area contributed by atoms with Crippen molar-refractivity contribution < 1.29 is 0 Å². The minimum absolute atomic E-state index is 0.843. The third kappa shape index (κ3) is 4.75. The predicted molar refractivity (Wildman–Crippen MR) is 76.2 cm³/mol. The van der Waals surface area contributed by atoms with Gasteiger partial charge in [-0.2, -0.15) is 0 Å². The summed E-state index contributed by atoms with van der Waals surface area (Å²) in [6.45, 7) is 11.0. The van der Waals surface area contributed by atoms with Crippen LogP contribution in [0, 0.1) is 17.8 Å². The van der Waals surface area contributed by atoms with E-state index in [9.17, 15) is 0 Å². The van der Waals surface area contributed by atoms with Gasteiger partial charge in [0.2, 0.25) is 0 Å². The smallest absolute Gasteiger partial charge is 0.00717 e. The first-order chi connectivity index (χ1) is 7.67. The summed E-state index contributed by atoms with van der Waals surface area (Å²) in [4.78, 5) is 2.69. The van der Waals surface area contributed by atoms with E-state index in [2.05, 4.69) is 41.6 Å². The SMILES string of the molecule is CCC(CBr)CN1CCCC(C(C)C)CC1. The van der Waals surface area contributed by atoms with Gasteiger partial charge in [-0.05, 0) is 50.1 Å². The van der Waals surface area contributed by atoms with E-state index in [0.29, 0.717) is 0 Å². The molecule has 1 heterocycles. The lowest BCUT2D eigenvalue weighted by molar-refractivity contribution is 0.238. The van der Waals surface area contributed by atoms with Crippen molar-refractivity contribution in [3.05, 3.63) is 0 Å². The average molecular weight is 290 g/mol. The first-order valence-electron chi connectivity index (χ1n) is 6.95. The molecule has 0 saturated carbocycles. The van der Waals surface area contributed by atoms with Crippen LogP contribution in [0.25, 0.3) is 0 Å². The molecule has 1 fully saturated rings. The Kier molecular flexibility index (Phi) is 6.98. The number of halogens is 1. The van der Waals surface area contributed by atoms with Gasteiger partial charge < -0.3 is 4.90 Å². The maximum atomic E-state index is 3.63. The van der Waals surface area contributed by atoms with Gasteiger partial charge in [0.05, 0.1) is 0 Å². The third-order valence-corrected chi connectivity index (χ3v) is 5.04. The Labute approximate surface area is 110 Å². The summed E-state index contributed by atoms with van der Waals surface area (Å²) >= 11 is 3.63. The van der Waals surface area contributed by atoms with E-state index in [1.807, 2.05) is 0 Å². The minimum atomic E-state index is 0.843. The Balaban J connectivity index is 2.35. The molecule has 0 radical (unpaired) electrons. The van der Waals surface area contributed by atoms with E-state index in [1.54, 1.807) is 0 Å². The van der Waals surface area contributed by atoms with Crippen molar-refractivity contribution >= 4 is 15.9 Å². The molecular weight excluding hydrogens is 262 g/mol. The van der Waals surface area contributed by atoms with Crippen molar-refractivity contribution in [3.8, 4) is 0 Å². The van der Waals surface area contributed by atoms with Crippen LogP contribution in [0.15, 0.2) is 0 Å². The third-order valence-electron chi connectivity index (χ3n) is 4.12. The van der Waals surface area contributed by atoms with E-state index in [-0.39, 0.29) is 0 Å². The molecule has 1 nitrogen and oxygen atoms in total. The predicted octanol–water partition coefficient (Wildman–Crippen LogP) is 4.17. The van der Waals surface area contributed by atoms with E-state index in [1.165, 1.54) is 45.3 Å². The van der Waals surface area contributed by atoms with Crippen molar-refractivity contribution in [1.29, 1.82) is 0 Å². The first kappa shape index (κ1) is 14.5. The van der Waals surface area contributed by atoms with Gasteiger partial charge in [-0.3, -0.25) is 0 Å². The van der Waals surface area contributed by atoms with E-state index in [0.717, 1.165) is 23.1 Å². The van der Waals surface area contributed by atoms with Crippen LogP contribution in [0.4, 0.5) is 0 Å². The van der Waals surface area contributed by atoms with Crippen LogP contribution >= 0.6 is 15.9 Å². The average Bonchev–Trinajstić information content (AvgIpc) is 2.51. The lowest BCUT2D eigenvalue weighted by Gasteiger charge is -2.25. The zero-order valence-corrected chi connectivity index (χ0v) is 12.8. The molecule has 2 heteroatoms. The Morgan fingerprint density at radius 2 is 2.00 bits per heavy atom. The van der Waals surface area contributed by atoms with Crippen molar-refractivity contribution in [1.82, 2.24) is 4.90 Å². The highest BCUT2D eigenvalue weighted by Crippen LogP contribution is 2.25. The van der Waals surface area contributed by atoms with Crippen molar-refractivity contribution in [2.75, 3.05) is 25.0 Å². The lowest BCUT2D eigenvalue weighted by atomic mass is 9.89. The normalized spacial score (nSPS) is 25.7. The van der Waals surface area contributed by atoms with Gasteiger partial charge in [-0.25, -0.2) is 0 Å². The molecule has 0 spiro atoms. The Morgan fingerprint density at radius 1 is 1.25 bits per heavy atom. The minimum Gasteiger partial charge on any atom is -0.303 e. The number of likely N-dealkylation sites (tertiary alicyclic amines) is 1. The van der Waals surface area contributed by atoms with Gasteiger partial charge in [0.15, 0.2) is 0 Å². The number of nitrogens with zero attached hydrogens (tertiary/aromatic N) is 1. The summed E-state index contributed by atoms with van der Waals surface area (Å²) in [6, 6.07) is 0. The maximum absolute atomic E-state index is 3.63.